The highest BCUT2D eigenvalue weighted by molar-refractivity contribution is 6.26. The van der Waals surface area contributed by atoms with Crippen LogP contribution in [0.4, 0.5) is 0 Å². The van der Waals surface area contributed by atoms with Crippen LogP contribution in [-0.4, -0.2) is 46.6 Å². The van der Waals surface area contributed by atoms with Crippen LogP contribution < -0.4 is 0 Å². The number of Topliss-reactive ketones (excluding diaryl/α,β-unsaturated/α-hetero) is 2. The molecule has 8 atom stereocenters. The third-order valence-corrected chi connectivity index (χ3v) is 10.8. The first kappa shape index (κ1) is 23.6. The molecule has 0 aromatic rings. The van der Waals surface area contributed by atoms with E-state index in [1.165, 1.54) is 14.0 Å². The van der Waals surface area contributed by atoms with Crippen LogP contribution in [0.2, 0.25) is 0 Å². The summed E-state index contributed by atoms with van der Waals surface area (Å²) in [6, 6.07) is 0. The molecule has 4 aliphatic rings. The van der Waals surface area contributed by atoms with Crippen molar-refractivity contribution in [3.05, 3.63) is 12.2 Å². The Morgan fingerprint density at radius 2 is 1.59 bits per heavy atom. The van der Waals surface area contributed by atoms with Gasteiger partial charge in [0.05, 0.1) is 18.6 Å². The van der Waals surface area contributed by atoms with Gasteiger partial charge in [-0.1, -0.05) is 34.3 Å². The second-order valence-corrected chi connectivity index (χ2v) is 12.4. The van der Waals surface area contributed by atoms with Gasteiger partial charge in [0, 0.05) is 0 Å². The molecule has 0 heterocycles. The lowest BCUT2D eigenvalue weighted by Gasteiger charge is -2.72. The van der Waals surface area contributed by atoms with Gasteiger partial charge in [0.25, 0.3) is 0 Å². The maximum atomic E-state index is 14.0. The summed E-state index contributed by atoms with van der Waals surface area (Å²) in [5.41, 5.74) is -6.49. The molecule has 4 fully saturated rings. The van der Waals surface area contributed by atoms with Crippen molar-refractivity contribution in [2.45, 2.75) is 85.4 Å². The lowest BCUT2D eigenvalue weighted by molar-refractivity contribution is -0.232. The lowest BCUT2D eigenvalue weighted by Crippen LogP contribution is -2.77. The zero-order valence-corrected chi connectivity index (χ0v) is 20.5. The quantitative estimate of drug-likeness (QED) is 0.364. The number of ether oxygens (including phenoxy) is 1. The van der Waals surface area contributed by atoms with Gasteiger partial charge in [0.1, 0.15) is 0 Å². The van der Waals surface area contributed by atoms with Crippen LogP contribution in [0.5, 0.6) is 0 Å². The summed E-state index contributed by atoms with van der Waals surface area (Å²) in [6.07, 6.45) is 2.67. The molecule has 0 spiro atoms. The summed E-state index contributed by atoms with van der Waals surface area (Å²) in [6.45, 7) is 15.5. The zero-order valence-electron chi connectivity index (χ0n) is 20.5. The molecule has 0 saturated heterocycles. The van der Waals surface area contributed by atoms with Crippen LogP contribution in [0.25, 0.3) is 0 Å². The Hall–Kier alpha value is -1.53. The summed E-state index contributed by atoms with van der Waals surface area (Å²) in [5, 5.41) is 22.0. The summed E-state index contributed by atoms with van der Waals surface area (Å²) < 4.78 is 5.24. The van der Waals surface area contributed by atoms with Crippen LogP contribution in [0.1, 0.15) is 73.6 Å². The Kier molecular flexibility index (Phi) is 4.67. The molecule has 4 saturated carbocycles. The molecule has 0 unspecified atom stereocenters. The molecule has 4 rings (SSSR count). The molecule has 2 bridgehead atoms. The fourth-order valence-electron chi connectivity index (χ4n) is 8.97. The Bertz CT molecular complexity index is 923. The second kappa shape index (κ2) is 6.32. The van der Waals surface area contributed by atoms with Gasteiger partial charge in [-0.15, -0.1) is 0 Å². The van der Waals surface area contributed by atoms with E-state index < -0.39 is 45.5 Å². The van der Waals surface area contributed by atoms with Crippen LogP contribution in [-0.2, 0) is 19.1 Å². The number of hydrogen-bond donors (Lipinski definition) is 2. The fourth-order valence-corrected chi connectivity index (χ4v) is 8.97. The van der Waals surface area contributed by atoms with E-state index in [1.807, 2.05) is 6.92 Å². The van der Waals surface area contributed by atoms with Crippen molar-refractivity contribution in [1.82, 2.24) is 0 Å². The first-order valence-electron chi connectivity index (χ1n) is 11.8. The third kappa shape index (κ3) is 2.22. The third-order valence-electron chi connectivity index (χ3n) is 10.8. The predicted molar refractivity (Wildman–Crippen MR) is 118 cm³/mol. The van der Waals surface area contributed by atoms with E-state index in [2.05, 4.69) is 27.4 Å². The van der Waals surface area contributed by atoms with Gasteiger partial charge in [-0.3, -0.25) is 14.4 Å². The van der Waals surface area contributed by atoms with Gasteiger partial charge in [0.15, 0.2) is 22.6 Å². The topological polar surface area (TPSA) is 101 Å². The van der Waals surface area contributed by atoms with Crippen molar-refractivity contribution in [3.63, 3.8) is 0 Å². The van der Waals surface area contributed by atoms with E-state index >= 15 is 0 Å². The smallest absolute Gasteiger partial charge is 0.324 e. The second-order valence-electron chi connectivity index (χ2n) is 12.4. The Labute approximate surface area is 190 Å². The molecular formula is C26H38O6. The van der Waals surface area contributed by atoms with Gasteiger partial charge >= 0.3 is 5.97 Å². The minimum atomic E-state index is -2.28. The standard InChI is InChI=1S/C26H38O6/c1-14-23(5)13-16-22(4)11-10-17(27)21(2,3)15(22)9-12-24(16,6)26(14,20(30)32-8)19(29)25(7,31)18(23)28/h15-17,27,31H,1,9-13H2,2-8H3/t15-,16+,17-,22+,23-,24-,25-,26+/m1/s1. The molecule has 6 nitrogen and oxygen atoms in total. The van der Waals surface area contributed by atoms with Gasteiger partial charge < -0.3 is 14.9 Å². The van der Waals surface area contributed by atoms with E-state index in [-0.39, 0.29) is 28.2 Å². The van der Waals surface area contributed by atoms with Gasteiger partial charge in [-0.05, 0) is 79.6 Å². The SMILES string of the molecule is C=C1[C@@]2(C)C[C@H]3[C@@]4(C)CC[C@@H](O)C(C)(C)[C@H]4CC[C@@]3(C)[C@]1(C(=O)OC)C(=O)[C@](C)(O)C2=O. The highest BCUT2D eigenvalue weighted by Gasteiger charge is 2.81. The van der Waals surface area contributed by atoms with Crippen LogP contribution >= 0.6 is 0 Å². The Balaban J connectivity index is 2.02. The number of ketones is 2. The summed E-state index contributed by atoms with van der Waals surface area (Å²) in [5.74, 6) is -2.08. The Morgan fingerprint density at radius 1 is 1.00 bits per heavy atom. The molecule has 2 N–H and O–H groups in total. The molecule has 32 heavy (non-hydrogen) atoms. The largest absolute Gasteiger partial charge is 0.468 e. The molecule has 178 valence electrons. The monoisotopic (exact) mass is 446 g/mol. The fraction of sp³-hybridized carbons (Fsp3) is 0.808. The molecule has 0 amide bonds. The maximum absolute atomic E-state index is 14.0. The number of fused-ring (bicyclic) bond motifs is 6. The number of aliphatic hydroxyl groups excluding tert-OH is 1. The van der Waals surface area contributed by atoms with Crippen LogP contribution in [0.15, 0.2) is 12.2 Å². The number of esters is 1. The molecule has 0 radical (unpaired) electrons. The van der Waals surface area contributed by atoms with Gasteiger partial charge in [-0.2, -0.15) is 0 Å². The molecule has 4 aliphatic carbocycles. The summed E-state index contributed by atoms with van der Waals surface area (Å²) in [4.78, 5) is 41.1. The molecule has 6 heteroatoms. The highest BCUT2D eigenvalue weighted by atomic mass is 16.5. The van der Waals surface area contributed by atoms with Gasteiger partial charge in [-0.25, -0.2) is 0 Å². The van der Waals surface area contributed by atoms with E-state index in [0.29, 0.717) is 19.3 Å². The predicted octanol–water partition coefficient (Wildman–Crippen LogP) is 3.23. The molecule has 0 aromatic heterocycles. The normalized spacial score (nSPS) is 52.2. The first-order chi connectivity index (χ1) is 14.5. The molecular weight excluding hydrogens is 408 g/mol. The van der Waals surface area contributed by atoms with Gasteiger partial charge in [0.2, 0.25) is 0 Å². The molecule has 0 aromatic carbocycles. The van der Waals surface area contributed by atoms with Crippen molar-refractivity contribution in [2.75, 3.05) is 7.11 Å². The van der Waals surface area contributed by atoms with E-state index in [0.717, 1.165) is 12.8 Å². The van der Waals surface area contributed by atoms with Crippen molar-refractivity contribution in [3.8, 4) is 0 Å². The number of methoxy groups -OCH3 is 1. The number of rotatable bonds is 1. The van der Waals surface area contributed by atoms with E-state index in [1.54, 1.807) is 6.92 Å². The van der Waals surface area contributed by atoms with Crippen molar-refractivity contribution >= 4 is 17.5 Å². The lowest BCUT2D eigenvalue weighted by atomic mass is 9.30. The average molecular weight is 447 g/mol. The minimum absolute atomic E-state index is 0.154. The number of carbonyl (C=O) groups excluding carboxylic acids is 3. The van der Waals surface area contributed by atoms with Crippen LogP contribution in [0, 0.1) is 38.9 Å². The van der Waals surface area contributed by atoms with Crippen molar-refractivity contribution < 1.29 is 29.3 Å². The number of aliphatic hydroxyl groups is 2. The average Bonchev–Trinajstić information content (AvgIpc) is 2.71. The first-order valence-corrected chi connectivity index (χ1v) is 11.8. The summed E-state index contributed by atoms with van der Waals surface area (Å²) in [7, 11) is 1.25. The van der Waals surface area contributed by atoms with Crippen molar-refractivity contribution in [1.29, 1.82) is 0 Å². The zero-order chi connectivity index (χ0) is 24.3. The van der Waals surface area contributed by atoms with Crippen LogP contribution in [0.3, 0.4) is 0 Å². The number of carbonyl (C=O) groups is 3. The summed E-state index contributed by atoms with van der Waals surface area (Å²) >= 11 is 0. The van der Waals surface area contributed by atoms with E-state index in [9.17, 15) is 24.6 Å². The number of hydrogen-bond acceptors (Lipinski definition) is 6. The maximum Gasteiger partial charge on any atom is 0.324 e. The Morgan fingerprint density at radius 3 is 2.16 bits per heavy atom. The van der Waals surface area contributed by atoms with Crippen molar-refractivity contribution in [2.24, 2.45) is 38.9 Å². The molecule has 0 aliphatic heterocycles. The van der Waals surface area contributed by atoms with E-state index in [4.69, 9.17) is 4.74 Å². The highest BCUT2D eigenvalue weighted by Crippen LogP contribution is 2.76. The minimum Gasteiger partial charge on any atom is -0.468 e.